The molecule has 2 aromatic carbocycles. The summed E-state index contributed by atoms with van der Waals surface area (Å²) in [5, 5.41) is 1.20. The van der Waals surface area contributed by atoms with Gasteiger partial charge in [-0.2, -0.15) is 0 Å². The predicted molar refractivity (Wildman–Crippen MR) is 85.7 cm³/mol. The number of aromatic nitrogens is 2. The van der Waals surface area contributed by atoms with E-state index in [4.69, 9.17) is 0 Å². The lowest BCUT2D eigenvalue weighted by atomic mass is 10.1. The standard InChI is InChI=1S/C18H10F4N2O/c19-13-3-1-2-10-4-6-15(24-17(10)13)16-9-11-8-12(25-18(20,21)22)5-7-14(11)23-16/h1-9,23H. The minimum Gasteiger partial charge on any atom is -0.406 e. The number of halogens is 4. The smallest absolute Gasteiger partial charge is 0.406 e. The number of alkyl halides is 3. The lowest BCUT2D eigenvalue weighted by Gasteiger charge is -2.08. The second-order valence-corrected chi connectivity index (χ2v) is 5.49. The highest BCUT2D eigenvalue weighted by Crippen LogP contribution is 2.30. The van der Waals surface area contributed by atoms with E-state index in [1.807, 2.05) is 0 Å². The molecule has 0 aliphatic heterocycles. The highest BCUT2D eigenvalue weighted by molar-refractivity contribution is 5.88. The molecule has 4 rings (SSSR count). The van der Waals surface area contributed by atoms with Crippen LogP contribution < -0.4 is 4.74 Å². The number of fused-ring (bicyclic) bond motifs is 2. The monoisotopic (exact) mass is 346 g/mol. The second kappa shape index (κ2) is 5.47. The summed E-state index contributed by atoms with van der Waals surface area (Å²) in [6, 6.07) is 13.8. The van der Waals surface area contributed by atoms with E-state index in [2.05, 4.69) is 14.7 Å². The van der Waals surface area contributed by atoms with Gasteiger partial charge in [0.2, 0.25) is 0 Å². The number of para-hydroxylation sites is 1. The molecule has 0 atom stereocenters. The van der Waals surface area contributed by atoms with Gasteiger partial charge in [-0.1, -0.05) is 18.2 Å². The van der Waals surface area contributed by atoms with Crippen molar-refractivity contribution in [2.45, 2.75) is 6.36 Å². The van der Waals surface area contributed by atoms with Crippen LogP contribution in [0.2, 0.25) is 0 Å². The maximum Gasteiger partial charge on any atom is 0.573 e. The Bertz CT molecular complexity index is 1090. The van der Waals surface area contributed by atoms with Crippen LogP contribution in [0.1, 0.15) is 0 Å². The minimum absolute atomic E-state index is 0.236. The van der Waals surface area contributed by atoms with Gasteiger partial charge in [-0.15, -0.1) is 13.2 Å². The Balaban J connectivity index is 1.78. The van der Waals surface area contributed by atoms with Gasteiger partial charge in [-0.25, -0.2) is 9.37 Å². The van der Waals surface area contributed by atoms with Crippen LogP contribution in [0.4, 0.5) is 17.6 Å². The molecule has 0 spiro atoms. The number of nitrogens with zero attached hydrogens (tertiary/aromatic N) is 1. The number of pyridine rings is 1. The molecule has 3 nitrogen and oxygen atoms in total. The van der Waals surface area contributed by atoms with E-state index in [0.717, 1.165) is 0 Å². The summed E-state index contributed by atoms with van der Waals surface area (Å²) in [4.78, 5) is 7.37. The van der Waals surface area contributed by atoms with Crippen LogP contribution in [-0.2, 0) is 0 Å². The van der Waals surface area contributed by atoms with Gasteiger partial charge in [0.15, 0.2) is 0 Å². The number of hydrogen-bond donors (Lipinski definition) is 1. The molecule has 4 aromatic rings. The fraction of sp³-hybridized carbons (Fsp3) is 0.0556. The fourth-order valence-corrected chi connectivity index (χ4v) is 2.71. The van der Waals surface area contributed by atoms with Gasteiger partial charge in [0.1, 0.15) is 17.1 Å². The molecule has 1 N–H and O–H groups in total. The summed E-state index contributed by atoms with van der Waals surface area (Å²) in [6.07, 6.45) is -4.75. The minimum atomic E-state index is -4.75. The first-order chi connectivity index (χ1) is 11.9. The van der Waals surface area contributed by atoms with Gasteiger partial charge in [-0.05, 0) is 36.4 Å². The third kappa shape index (κ3) is 3.00. The maximum absolute atomic E-state index is 13.9. The summed E-state index contributed by atoms with van der Waals surface area (Å²) in [5.41, 5.74) is 1.93. The summed E-state index contributed by atoms with van der Waals surface area (Å²) in [6.45, 7) is 0. The number of benzene rings is 2. The molecule has 7 heteroatoms. The summed E-state index contributed by atoms with van der Waals surface area (Å²) >= 11 is 0. The second-order valence-electron chi connectivity index (χ2n) is 5.49. The zero-order valence-electron chi connectivity index (χ0n) is 12.6. The normalized spacial score (nSPS) is 12.0. The lowest BCUT2D eigenvalue weighted by Crippen LogP contribution is -2.16. The molecule has 25 heavy (non-hydrogen) atoms. The lowest BCUT2D eigenvalue weighted by molar-refractivity contribution is -0.274. The molecule has 0 bridgehead atoms. The summed E-state index contributed by atoms with van der Waals surface area (Å²) in [5.74, 6) is -0.737. The molecular formula is C18H10F4N2O. The summed E-state index contributed by atoms with van der Waals surface area (Å²) in [7, 11) is 0. The van der Waals surface area contributed by atoms with E-state index >= 15 is 0 Å². The number of H-pyrrole nitrogens is 1. The van der Waals surface area contributed by atoms with Gasteiger partial charge in [0, 0.05) is 16.3 Å². The van der Waals surface area contributed by atoms with Gasteiger partial charge >= 0.3 is 6.36 Å². The zero-order valence-corrected chi connectivity index (χ0v) is 12.6. The SMILES string of the molecule is Fc1cccc2ccc(-c3cc4cc(OC(F)(F)F)ccc4[nH]3)nc12. The average Bonchev–Trinajstić information content (AvgIpc) is 2.97. The van der Waals surface area contributed by atoms with E-state index in [1.165, 1.54) is 24.3 Å². The predicted octanol–water partition coefficient (Wildman–Crippen LogP) is 5.42. The Hall–Kier alpha value is -3.09. The third-order valence-corrected chi connectivity index (χ3v) is 3.77. The number of ether oxygens (including phenoxy) is 1. The molecule has 2 aromatic heterocycles. The Morgan fingerprint density at radius 2 is 1.76 bits per heavy atom. The van der Waals surface area contributed by atoms with E-state index in [9.17, 15) is 17.6 Å². The van der Waals surface area contributed by atoms with Crippen molar-refractivity contribution in [3.63, 3.8) is 0 Å². The van der Waals surface area contributed by atoms with Crippen LogP contribution in [0.5, 0.6) is 5.75 Å². The van der Waals surface area contributed by atoms with Crippen molar-refractivity contribution in [2.24, 2.45) is 0 Å². The fourth-order valence-electron chi connectivity index (χ4n) is 2.71. The topological polar surface area (TPSA) is 37.9 Å². The van der Waals surface area contributed by atoms with Crippen LogP contribution in [0, 0.1) is 5.82 Å². The average molecular weight is 346 g/mol. The van der Waals surface area contributed by atoms with Crippen molar-refractivity contribution in [3.8, 4) is 17.1 Å². The quantitative estimate of drug-likeness (QED) is 0.492. The molecule has 0 amide bonds. The molecule has 0 aliphatic carbocycles. The van der Waals surface area contributed by atoms with E-state index in [-0.39, 0.29) is 11.3 Å². The van der Waals surface area contributed by atoms with Crippen molar-refractivity contribution < 1.29 is 22.3 Å². The summed E-state index contributed by atoms with van der Waals surface area (Å²) < 4.78 is 54.8. The van der Waals surface area contributed by atoms with Gasteiger partial charge < -0.3 is 9.72 Å². The molecule has 0 aliphatic rings. The molecular weight excluding hydrogens is 336 g/mol. The molecule has 126 valence electrons. The van der Waals surface area contributed by atoms with Gasteiger partial charge in [-0.3, -0.25) is 0 Å². The van der Waals surface area contributed by atoms with Crippen molar-refractivity contribution in [1.82, 2.24) is 9.97 Å². The number of rotatable bonds is 2. The Labute approximate surface area is 138 Å². The first kappa shape index (κ1) is 15.4. The Kier molecular flexibility index (Phi) is 3.38. The number of nitrogens with one attached hydrogen (secondary N) is 1. The Morgan fingerprint density at radius 3 is 2.56 bits per heavy atom. The van der Waals surface area contributed by atoms with E-state index < -0.39 is 12.2 Å². The third-order valence-electron chi connectivity index (χ3n) is 3.77. The molecule has 0 saturated heterocycles. The zero-order chi connectivity index (χ0) is 17.6. The van der Waals surface area contributed by atoms with Crippen LogP contribution in [-0.4, -0.2) is 16.3 Å². The van der Waals surface area contributed by atoms with Crippen molar-refractivity contribution in [3.05, 3.63) is 60.4 Å². The van der Waals surface area contributed by atoms with Gasteiger partial charge in [0.25, 0.3) is 0 Å². The maximum atomic E-state index is 13.9. The molecule has 0 saturated carbocycles. The largest absolute Gasteiger partial charge is 0.573 e. The van der Waals surface area contributed by atoms with Crippen LogP contribution in [0.25, 0.3) is 33.2 Å². The van der Waals surface area contributed by atoms with E-state index in [0.29, 0.717) is 27.7 Å². The van der Waals surface area contributed by atoms with Gasteiger partial charge in [0.05, 0.1) is 11.4 Å². The first-order valence-corrected chi connectivity index (χ1v) is 7.33. The highest BCUT2D eigenvalue weighted by Gasteiger charge is 2.31. The molecule has 2 heterocycles. The number of aromatic amines is 1. The van der Waals surface area contributed by atoms with E-state index in [1.54, 1.807) is 30.3 Å². The number of hydrogen-bond acceptors (Lipinski definition) is 2. The van der Waals surface area contributed by atoms with Crippen molar-refractivity contribution in [1.29, 1.82) is 0 Å². The molecule has 0 unspecified atom stereocenters. The first-order valence-electron chi connectivity index (χ1n) is 7.33. The highest BCUT2D eigenvalue weighted by atomic mass is 19.4. The molecule has 0 radical (unpaired) electrons. The van der Waals surface area contributed by atoms with Crippen LogP contribution >= 0.6 is 0 Å². The van der Waals surface area contributed by atoms with Crippen molar-refractivity contribution >= 4 is 21.8 Å². The Morgan fingerprint density at radius 1 is 0.920 bits per heavy atom. The van der Waals surface area contributed by atoms with Crippen molar-refractivity contribution in [2.75, 3.05) is 0 Å². The van der Waals surface area contributed by atoms with Crippen LogP contribution in [0.3, 0.4) is 0 Å². The molecule has 0 fully saturated rings. The van der Waals surface area contributed by atoms with Crippen LogP contribution in [0.15, 0.2) is 54.6 Å².